The minimum absolute atomic E-state index is 0.00500. The summed E-state index contributed by atoms with van der Waals surface area (Å²) in [6, 6.07) is 16.3. The molecule has 7 nitrogen and oxygen atoms in total. The van der Waals surface area contributed by atoms with Crippen molar-refractivity contribution in [1.82, 2.24) is 10.6 Å². The van der Waals surface area contributed by atoms with Gasteiger partial charge in [-0.25, -0.2) is 4.79 Å². The van der Waals surface area contributed by atoms with Crippen molar-refractivity contribution in [1.29, 1.82) is 0 Å². The molecule has 3 N–H and O–H groups in total. The standard InChI is InChI=1S/C24H28N2O5/c1-24(2,22(29)25-13-11-21(27)28)12-14-26-23(30)31-15-20-18-9-5-3-7-16(18)17-8-4-6-10-19(17)20/h3-10,20H,11-15H2,1-2H3,(H,25,29)(H,26,30)(H,27,28). The molecule has 0 spiro atoms. The fourth-order valence-corrected chi connectivity index (χ4v) is 3.76. The second kappa shape index (κ2) is 9.64. The molecule has 0 atom stereocenters. The maximum Gasteiger partial charge on any atom is 0.407 e. The van der Waals surface area contributed by atoms with Gasteiger partial charge in [-0.15, -0.1) is 0 Å². The van der Waals surface area contributed by atoms with E-state index >= 15 is 0 Å². The number of carbonyl (C=O) groups excluding carboxylic acids is 2. The number of rotatable bonds is 9. The van der Waals surface area contributed by atoms with Gasteiger partial charge in [0.15, 0.2) is 0 Å². The van der Waals surface area contributed by atoms with Gasteiger partial charge in [0.25, 0.3) is 0 Å². The number of carbonyl (C=O) groups is 3. The van der Waals surface area contributed by atoms with Gasteiger partial charge in [-0.1, -0.05) is 62.4 Å². The molecule has 3 rings (SSSR count). The molecule has 7 heteroatoms. The summed E-state index contributed by atoms with van der Waals surface area (Å²) in [7, 11) is 0. The zero-order valence-corrected chi connectivity index (χ0v) is 17.8. The zero-order chi connectivity index (χ0) is 22.4. The molecule has 0 aromatic heterocycles. The normalized spacial score (nSPS) is 12.6. The number of carboxylic acids is 1. The Bertz CT molecular complexity index is 924. The highest BCUT2D eigenvalue weighted by atomic mass is 16.5. The van der Waals surface area contributed by atoms with Crippen molar-refractivity contribution in [3.63, 3.8) is 0 Å². The van der Waals surface area contributed by atoms with Crippen molar-refractivity contribution in [3.05, 3.63) is 59.7 Å². The predicted molar refractivity (Wildman–Crippen MR) is 117 cm³/mol. The summed E-state index contributed by atoms with van der Waals surface area (Å²) in [5.41, 5.74) is 3.90. The number of nitrogens with one attached hydrogen (secondary N) is 2. The Morgan fingerprint density at radius 2 is 1.52 bits per heavy atom. The van der Waals surface area contributed by atoms with E-state index in [4.69, 9.17) is 9.84 Å². The van der Waals surface area contributed by atoms with E-state index in [0.29, 0.717) is 6.42 Å². The first-order valence-electron chi connectivity index (χ1n) is 10.4. The second-order valence-electron chi connectivity index (χ2n) is 8.29. The Morgan fingerprint density at radius 1 is 0.935 bits per heavy atom. The third-order valence-electron chi connectivity index (χ3n) is 5.60. The quantitative estimate of drug-likeness (QED) is 0.571. The Labute approximate surface area is 181 Å². The van der Waals surface area contributed by atoms with Crippen LogP contribution in [0, 0.1) is 5.41 Å². The van der Waals surface area contributed by atoms with Crippen LogP contribution in [-0.2, 0) is 14.3 Å². The number of hydrogen-bond acceptors (Lipinski definition) is 4. The molecular weight excluding hydrogens is 396 g/mol. The van der Waals surface area contributed by atoms with Crippen LogP contribution in [0.25, 0.3) is 11.1 Å². The van der Waals surface area contributed by atoms with Crippen LogP contribution < -0.4 is 10.6 Å². The molecule has 31 heavy (non-hydrogen) atoms. The molecule has 2 aromatic rings. The van der Waals surface area contributed by atoms with Crippen LogP contribution in [0.2, 0.25) is 0 Å². The van der Waals surface area contributed by atoms with Gasteiger partial charge in [0.2, 0.25) is 5.91 Å². The lowest BCUT2D eigenvalue weighted by Gasteiger charge is -2.23. The second-order valence-corrected chi connectivity index (χ2v) is 8.29. The third-order valence-corrected chi connectivity index (χ3v) is 5.60. The highest BCUT2D eigenvalue weighted by Crippen LogP contribution is 2.44. The lowest BCUT2D eigenvalue weighted by atomic mass is 9.88. The molecule has 0 fully saturated rings. The maximum atomic E-state index is 12.2. The molecular formula is C24H28N2O5. The van der Waals surface area contributed by atoms with E-state index in [1.165, 1.54) is 11.1 Å². The van der Waals surface area contributed by atoms with E-state index in [1.54, 1.807) is 13.8 Å². The van der Waals surface area contributed by atoms with Gasteiger partial charge in [0.05, 0.1) is 6.42 Å². The molecule has 2 amide bonds. The first kappa shape index (κ1) is 22.3. The van der Waals surface area contributed by atoms with Gasteiger partial charge >= 0.3 is 12.1 Å². The molecule has 0 saturated carbocycles. The summed E-state index contributed by atoms with van der Waals surface area (Å²) >= 11 is 0. The molecule has 0 aliphatic heterocycles. The van der Waals surface area contributed by atoms with Gasteiger partial charge in [-0.2, -0.15) is 0 Å². The number of amides is 2. The van der Waals surface area contributed by atoms with Gasteiger partial charge in [-0.05, 0) is 28.7 Å². The fraction of sp³-hybridized carbons (Fsp3) is 0.375. The van der Waals surface area contributed by atoms with Gasteiger partial charge in [-0.3, -0.25) is 9.59 Å². The number of ether oxygens (including phenoxy) is 1. The van der Waals surface area contributed by atoms with Crippen molar-refractivity contribution in [2.24, 2.45) is 5.41 Å². The average molecular weight is 424 g/mol. The van der Waals surface area contributed by atoms with Crippen molar-refractivity contribution in [2.45, 2.75) is 32.6 Å². The van der Waals surface area contributed by atoms with E-state index in [1.807, 2.05) is 24.3 Å². The zero-order valence-electron chi connectivity index (χ0n) is 17.8. The van der Waals surface area contributed by atoms with E-state index in [9.17, 15) is 14.4 Å². The van der Waals surface area contributed by atoms with Crippen LogP contribution in [0.15, 0.2) is 48.5 Å². The Kier molecular flexibility index (Phi) is 6.95. The van der Waals surface area contributed by atoms with Gasteiger partial charge < -0.3 is 20.5 Å². The van der Waals surface area contributed by atoms with E-state index in [2.05, 4.69) is 34.9 Å². The summed E-state index contributed by atoms with van der Waals surface area (Å²) in [5.74, 6) is -1.22. The fourth-order valence-electron chi connectivity index (χ4n) is 3.76. The molecule has 2 aromatic carbocycles. The summed E-state index contributed by atoms with van der Waals surface area (Å²) < 4.78 is 5.49. The molecule has 0 radical (unpaired) electrons. The van der Waals surface area contributed by atoms with E-state index in [-0.39, 0.29) is 37.9 Å². The molecule has 0 heterocycles. The van der Waals surface area contributed by atoms with Crippen LogP contribution in [0.1, 0.15) is 43.7 Å². The van der Waals surface area contributed by atoms with Crippen molar-refractivity contribution in [2.75, 3.05) is 19.7 Å². The van der Waals surface area contributed by atoms with Crippen molar-refractivity contribution >= 4 is 18.0 Å². The molecule has 1 aliphatic rings. The third kappa shape index (κ3) is 5.42. The van der Waals surface area contributed by atoms with Crippen LogP contribution >= 0.6 is 0 Å². The minimum Gasteiger partial charge on any atom is -0.481 e. The largest absolute Gasteiger partial charge is 0.481 e. The van der Waals surface area contributed by atoms with Crippen molar-refractivity contribution in [3.8, 4) is 11.1 Å². The number of aliphatic carboxylic acids is 1. The average Bonchev–Trinajstić information content (AvgIpc) is 3.05. The monoisotopic (exact) mass is 424 g/mol. The topological polar surface area (TPSA) is 105 Å². The summed E-state index contributed by atoms with van der Waals surface area (Å²) in [6.45, 7) is 4.09. The summed E-state index contributed by atoms with van der Waals surface area (Å²) in [5, 5.41) is 14.0. The first-order valence-corrected chi connectivity index (χ1v) is 10.4. The minimum atomic E-state index is -0.963. The first-order chi connectivity index (χ1) is 14.8. The maximum absolute atomic E-state index is 12.2. The SMILES string of the molecule is CC(C)(CCNC(=O)OCC1c2ccccc2-c2ccccc21)C(=O)NCCC(=O)O. The Morgan fingerprint density at radius 3 is 2.10 bits per heavy atom. The Balaban J connectivity index is 1.48. The molecule has 0 bridgehead atoms. The molecule has 0 unspecified atom stereocenters. The molecule has 164 valence electrons. The number of alkyl carbamates (subject to hydrolysis) is 1. The smallest absolute Gasteiger partial charge is 0.407 e. The van der Waals surface area contributed by atoms with Gasteiger partial charge in [0.1, 0.15) is 6.61 Å². The van der Waals surface area contributed by atoms with Crippen LogP contribution in [0.4, 0.5) is 4.79 Å². The Hall–Kier alpha value is -3.35. The molecule has 0 saturated heterocycles. The van der Waals surface area contributed by atoms with E-state index < -0.39 is 17.5 Å². The number of carboxylic acid groups (broad SMARTS) is 1. The van der Waals surface area contributed by atoms with E-state index in [0.717, 1.165) is 11.1 Å². The lowest BCUT2D eigenvalue weighted by Crippen LogP contribution is -2.40. The summed E-state index contributed by atoms with van der Waals surface area (Å²) in [4.78, 5) is 35.0. The summed E-state index contributed by atoms with van der Waals surface area (Å²) in [6.07, 6.45) is -0.250. The van der Waals surface area contributed by atoms with Crippen LogP contribution in [0.5, 0.6) is 0 Å². The van der Waals surface area contributed by atoms with Crippen LogP contribution in [-0.4, -0.2) is 42.8 Å². The highest BCUT2D eigenvalue weighted by Gasteiger charge is 2.30. The number of fused-ring (bicyclic) bond motifs is 3. The number of hydrogen-bond donors (Lipinski definition) is 3. The van der Waals surface area contributed by atoms with Crippen LogP contribution in [0.3, 0.4) is 0 Å². The number of benzene rings is 2. The predicted octanol–water partition coefficient (Wildman–Crippen LogP) is 3.53. The van der Waals surface area contributed by atoms with Gasteiger partial charge in [0, 0.05) is 24.4 Å². The lowest BCUT2D eigenvalue weighted by molar-refractivity contribution is -0.137. The highest BCUT2D eigenvalue weighted by molar-refractivity contribution is 5.82. The van der Waals surface area contributed by atoms with Crippen molar-refractivity contribution < 1.29 is 24.2 Å². The molecule has 1 aliphatic carbocycles.